The van der Waals surface area contributed by atoms with Crippen LogP contribution >= 0.6 is 0 Å². The van der Waals surface area contributed by atoms with Gasteiger partial charge in [0.15, 0.2) is 0 Å². The Balaban J connectivity index is 2.00. The van der Waals surface area contributed by atoms with Gasteiger partial charge in [-0.15, -0.1) is 6.58 Å². The molecule has 0 aromatic heterocycles. The van der Waals surface area contributed by atoms with Gasteiger partial charge in [0.1, 0.15) is 11.9 Å². The fourth-order valence-corrected chi connectivity index (χ4v) is 1.74. The summed E-state index contributed by atoms with van der Waals surface area (Å²) in [6.07, 6.45) is 4.71. The number of hydrogen-bond acceptors (Lipinski definition) is 3. The Hall–Kier alpha value is -1.77. The van der Waals surface area contributed by atoms with Crippen LogP contribution in [-0.4, -0.2) is 16.9 Å². The summed E-state index contributed by atoms with van der Waals surface area (Å²) >= 11 is 0. The maximum Gasteiger partial charge on any atom is 0.133 e. The first kappa shape index (κ1) is 10.7. The molecule has 3 nitrogen and oxygen atoms in total. The molecule has 0 radical (unpaired) electrons. The number of oxime groups is 1. The third-order valence-corrected chi connectivity index (χ3v) is 2.61. The second-order valence-electron chi connectivity index (χ2n) is 3.89. The topological polar surface area (TPSA) is 41.8 Å². The molecular weight excluding hydrogens is 202 g/mol. The zero-order valence-corrected chi connectivity index (χ0v) is 9.10. The minimum atomic E-state index is 0.148. The molecule has 84 valence electrons. The number of allylic oxidation sites excluding steroid dienone is 1. The highest BCUT2D eigenvalue weighted by Crippen LogP contribution is 2.22. The average molecular weight is 217 g/mol. The molecule has 3 heteroatoms. The van der Waals surface area contributed by atoms with Crippen molar-refractivity contribution in [1.29, 1.82) is 0 Å². The molecule has 1 aliphatic rings. The average Bonchev–Trinajstić information content (AvgIpc) is 2.75. The van der Waals surface area contributed by atoms with E-state index in [0.717, 1.165) is 30.5 Å². The van der Waals surface area contributed by atoms with Gasteiger partial charge in [-0.05, 0) is 25.0 Å². The SMILES string of the molecule is C=CCCC1CC(c2cccc(O)c2)=NO1. The minimum absolute atomic E-state index is 0.148. The van der Waals surface area contributed by atoms with Crippen molar-refractivity contribution in [2.45, 2.75) is 25.4 Å². The van der Waals surface area contributed by atoms with Gasteiger partial charge < -0.3 is 9.94 Å². The first-order valence-corrected chi connectivity index (χ1v) is 5.42. The van der Waals surface area contributed by atoms with E-state index in [9.17, 15) is 5.11 Å². The summed E-state index contributed by atoms with van der Waals surface area (Å²) in [7, 11) is 0. The summed E-state index contributed by atoms with van der Waals surface area (Å²) in [6.45, 7) is 3.68. The van der Waals surface area contributed by atoms with Gasteiger partial charge in [0.05, 0.1) is 5.71 Å². The van der Waals surface area contributed by atoms with Gasteiger partial charge in [-0.1, -0.05) is 23.4 Å². The van der Waals surface area contributed by atoms with E-state index in [4.69, 9.17) is 4.84 Å². The Labute approximate surface area is 95.0 Å². The molecule has 0 saturated carbocycles. The molecule has 1 atom stereocenters. The van der Waals surface area contributed by atoms with Gasteiger partial charge in [0.2, 0.25) is 0 Å². The Morgan fingerprint density at radius 3 is 3.19 bits per heavy atom. The summed E-state index contributed by atoms with van der Waals surface area (Å²) in [5.74, 6) is 0.259. The number of rotatable bonds is 4. The number of phenols is 1. The smallest absolute Gasteiger partial charge is 0.133 e. The predicted molar refractivity (Wildman–Crippen MR) is 63.6 cm³/mol. The van der Waals surface area contributed by atoms with Gasteiger partial charge in [-0.3, -0.25) is 0 Å². The molecule has 1 unspecified atom stereocenters. The minimum Gasteiger partial charge on any atom is -0.508 e. The lowest BCUT2D eigenvalue weighted by molar-refractivity contribution is 0.0799. The van der Waals surface area contributed by atoms with Crippen LogP contribution < -0.4 is 0 Å². The van der Waals surface area contributed by atoms with E-state index in [1.165, 1.54) is 0 Å². The second-order valence-corrected chi connectivity index (χ2v) is 3.89. The molecule has 0 spiro atoms. The van der Waals surface area contributed by atoms with Crippen molar-refractivity contribution in [3.63, 3.8) is 0 Å². The van der Waals surface area contributed by atoms with E-state index >= 15 is 0 Å². The van der Waals surface area contributed by atoms with E-state index in [1.54, 1.807) is 12.1 Å². The third-order valence-electron chi connectivity index (χ3n) is 2.61. The summed E-state index contributed by atoms with van der Waals surface area (Å²) in [4.78, 5) is 5.32. The monoisotopic (exact) mass is 217 g/mol. The van der Waals surface area contributed by atoms with Gasteiger partial charge in [-0.25, -0.2) is 0 Å². The highest BCUT2D eigenvalue weighted by Gasteiger charge is 2.21. The van der Waals surface area contributed by atoms with Gasteiger partial charge in [0, 0.05) is 12.0 Å². The van der Waals surface area contributed by atoms with Crippen molar-refractivity contribution in [3.05, 3.63) is 42.5 Å². The lowest BCUT2D eigenvalue weighted by Crippen LogP contribution is -2.07. The summed E-state index contributed by atoms with van der Waals surface area (Å²) in [5, 5.41) is 13.4. The molecule has 0 bridgehead atoms. The second kappa shape index (κ2) is 4.84. The van der Waals surface area contributed by atoms with Crippen LogP contribution in [-0.2, 0) is 4.84 Å². The maximum absolute atomic E-state index is 9.37. The Morgan fingerprint density at radius 1 is 1.56 bits per heavy atom. The van der Waals surface area contributed by atoms with Crippen LogP contribution in [0.25, 0.3) is 0 Å². The molecular formula is C13H15NO2. The molecule has 16 heavy (non-hydrogen) atoms. The van der Waals surface area contributed by atoms with E-state index in [2.05, 4.69) is 11.7 Å². The van der Waals surface area contributed by atoms with E-state index in [0.29, 0.717) is 0 Å². The van der Waals surface area contributed by atoms with Crippen LogP contribution in [0.4, 0.5) is 0 Å². The van der Waals surface area contributed by atoms with Crippen LogP contribution in [0.5, 0.6) is 5.75 Å². The van der Waals surface area contributed by atoms with Crippen molar-refractivity contribution in [2.24, 2.45) is 5.16 Å². The van der Waals surface area contributed by atoms with Crippen molar-refractivity contribution < 1.29 is 9.94 Å². The van der Waals surface area contributed by atoms with E-state index < -0.39 is 0 Å². The molecule has 1 aromatic rings. The molecule has 2 rings (SSSR count). The summed E-state index contributed by atoms with van der Waals surface area (Å²) in [5.41, 5.74) is 1.84. The van der Waals surface area contributed by atoms with Crippen molar-refractivity contribution in [3.8, 4) is 5.75 Å². The van der Waals surface area contributed by atoms with E-state index in [1.807, 2.05) is 18.2 Å². The zero-order chi connectivity index (χ0) is 11.4. The Kier molecular flexibility index (Phi) is 3.25. The molecule has 1 heterocycles. The van der Waals surface area contributed by atoms with Gasteiger partial charge in [0.25, 0.3) is 0 Å². The lowest BCUT2D eigenvalue weighted by atomic mass is 10.0. The Morgan fingerprint density at radius 2 is 2.44 bits per heavy atom. The normalized spacial score (nSPS) is 19.0. The molecule has 0 amide bonds. The van der Waals surface area contributed by atoms with Crippen LogP contribution in [0.1, 0.15) is 24.8 Å². The highest BCUT2D eigenvalue weighted by atomic mass is 16.6. The van der Waals surface area contributed by atoms with Crippen LogP contribution in [0, 0.1) is 0 Å². The first-order chi connectivity index (χ1) is 7.79. The predicted octanol–water partition coefficient (Wildman–Crippen LogP) is 2.85. The van der Waals surface area contributed by atoms with E-state index in [-0.39, 0.29) is 11.9 Å². The molecule has 0 fully saturated rings. The first-order valence-electron chi connectivity index (χ1n) is 5.42. The van der Waals surface area contributed by atoms with Crippen molar-refractivity contribution in [1.82, 2.24) is 0 Å². The lowest BCUT2D eigenvalue weighted by Gasteiger charge is -2.05. The van der Waals surface area contributed by atoms with Gasteiger partial charge >= 0.3 is 0 Å². The standard InChI is InChI=1S/C13H15NO2/c1-2-3-7-12-9-13(14-16-12)10-5-4-6-11(15)8-10/h2,4-6,8,12,15H,1,3,7,9H2. The number of aromatic hydroxyl groups is 1. The molecule has 0 saturated heterocycles. The molecule has 1 N–H and O–H groups in total. The number of nitrogens with zero attached hydrogens (tertiary/aromatic N) is 1. The van der Waals surface area contributed by atoms with Crippen molar-refractivity contribution >= 4 is 5.71 Å². The fraction of sp³-hybridized carbons (Fsp3) is 0.308. The van der Waals surface area contributed by atoms with Crippen LogP contribution in [0.2, 0.25) is 0 Å². The molecule has 0 aliphatic carbocycles. The number of benzene rings is 1. The molecule has 1 aromatic carbocycles. The third kappa shape index (κ3) is 2.42. The highest BCUT2D eigenvalue weighted by molar-refractivity contribution is 6.01. The number of hydrogen-bond donors (Lipinski definition) is 1. The maximum atomic E-state index is 9.37. The quantitative estimate of drug-likeness (QED) is 0.788. The largest absolute Gasteiger partial charge is 0.508 e. The van der Waals surface area contributed by atoms with Crippen LogP contribution in [0.15, 0.2) is 42.1 Å². The van der Waals surface area contributed by atoms with Gasteiger partial charge in [-0.2, -0.15) is 0 Å². The summed E-state index contributed by atoms with van der Waals surface area (Å²) < 4.78 is 0. The molecule has 1 aliphatic heterocycles. The Bertz CT molecular complexity index is 412. The zero-order valence-electron chi connectivity index (χ0n) is 9.10. The van der Waals surface area contributed by atoms with Crippen molar-refractivity contribution in [2.75, 3.05) is 0 Å². The summed E-state index contributed by atoms with van der Waals surface area (Å²) in [6, 6.07) is 7.09. The van der Waals surface area contributed by atoms with Crippen LogP contribution in [0.3, 0.4) is 0 Å². The fourth-order valence-electron chi connectivity index (χ4n) is 1.74. The number of phenolic OH excluding ortho intramolecular Hbond substituents is 1.